The van der Waals surface area contributed by atoms with E-state index in [-0.39, 0.29) is 30.6 Å². The van der Waals surface area contributed by atoms with Crippen molar-refractivity contribution in [1.29, 1.82) is 0 Å². The average Bonchev–Trinajstić information content (AvgIpc) is 2.53. The van der Waals surface area contributed by atoms with Gasteiger partial charge in [0.15, 0.2) is 5.96 Å². The van der Waals surface area contributed by atoms with Crippen LogP contribution in [0.25, 0.3) is 0 Å². The normalized spacial score (nSPS) is 11.9. The number of hydrogen-bond donors (Lipinski definition) is 2. The van der Waals surface area contributed by atoms with Gasteiger partial charge < -0.3 is 20.5 Å². The summed E-state index contributed by atoms with van der Waals surface area (Å²) < 4.78 is 45.8. The maximum absolute atomic E-state index is 12.0. The van der Waals surface area contributed by atoms with Crippen molar-refractivity contribution in [2.45, 2.75) is 32.7 Å². The minimum Gasteiger partial charge on any atom is -0.382 e. The molecule has 0 fully saturated rings. The molecule has 0 aromatic heterocycles. The van der Waals surface area contributed by atoms with Gasteiger partial charge in [-0.15, -0.1) is 24.0 Å². The number of nitrogens with one attached hydrogen (secondary N) is 1. The zero-order valence-corrected chi connectivity index (χ0v) is 16.5. The van der Waals surface area contributed by atoms with Gasteiger partial charge in [-0.25, -0.2) is 4.99 Å². The molecule has 1 aromatic rings. The van der Waals surface area contributed by atoms with E-state index in [1.807, 2.05) is 6.92 Å². The first-order valence-corrected chi connectivity index (χ1v) is 7.74. The summed E-state index contributed by atoms with van der Waals surface area (Å²) in [6.45, 7) is 3.07. The fourth-order valence-corrected chi connectivity index (χ4v) is 1.79. The average molecular weight is 475 g/mol. The predicted octanol–water partition coefficient (Wildman–Crippen LogP) is 3.21. The van der Waals surface area contributed by atoms with Crippen molar-refractivity contribution in [2.75, 3.05) is 26.4 Å². The summed E-state index contributed by atoms with van der Waals surface area (Å²) in [5, 5.41) is 2.99. The lowest BCUT2D eigenvalue weighted by Crippen LogP contribution is -2.32. The van der Waals surface area contributed by atoms with Crippen LogP contribution in [0.3, 0.4) is 0 Å². The Morgan fingerprint density at radius 2 is 1.80 bits per heavy atom. The van der Waals surface area contributed by atoms with Crippen molar-refractivity contribution in [3.8, 4) is 0 Å². The van der Waals surface area contributed by atoms with E-state index in [9.17, 15) is 13.2 Å². The molecule has 1 rings (SSSR count). The quantitative estimate of drug-likeness (QED) is 0.236. The highest BCUT2D eigenvalue weighted by Crippen LogP contribution is 2.15. The van der Waals surface area contributed by atoms with Crippen LogP contribution >= 0.6 is 24.0 Å². The predicted molar refractivity (Wildman–Crippen MR) is 102 cm³/mol. The van der Waals surface area contributed by atoms with E-state index < -0.39 is 12.8 Å². The standard InChI is InChI=1S/C16H24F3N3O2.HI/c1-2-23-9-3-8-21-15(20)22-10-13-4-6-14(7-5-13)11-24-12-16(17,18)19;/h4-7H,2-3,8-12H2,1H3,(H3,20,21,22);1H. The van der Waals surface area contributed by atoms with Crippen LogP contribution in [0.5, 0.6) is 0 Å². The molecule has 0 bridgehead atoms. The Labute approximate surface area is 163 Å². The molecule has 0 aliphatic carbocycles. The molecule has 0 spiro atoms. The van der Waals surface area contributed by atoms with Crippen molar-refractivity contribution in [3.05, 3.63) is 35.4 Å². The van der Waals surface area contributed by atoms with Gasteiger partial charge in [0.2, 0.25) is 0 Å². The maximum Gasteiger partial charge on any atom is 0.411 e. The summed E-state index contributed by atoms with van der Waals surface area (Å²) in [4.78, 5) is 4.20. The summed E-state index contributed by atoms with van der Waals surface area (Å²) in [6.07, 6.45) is -3.46. The lowest BCUT2D eigenvalue weighted by Gasteiger charge is -2.08. The molecule has 0 radical (unpaired) electrons. The summed E-state index contributed by atoms with van der Waals surface area (Å²) in [5.74, 6) is 0.351. The van der Waals surface area contributed by atoms with Crippen molar-refractivity contribution >= 4 is 29.9 Å². The molecule has 0 aliphatic heterocycles. The molecule has 0 saturated heterocycles. The van der Waals surface area contributed by atoms with Crippen LogP contribution in [-0.2, 0) is 22.6 Å². The number of nitrogens with zero attached hydrogens (tertiary/aromatic N) is 1. The molecule has 0 heterocycles. The van der Waals surface area contributed by atoms with Crippen LogP contribution in [0, 0.1) is 0 Å². The Hall–Kier alpha value is -1.07. The van der Waals surface area contributed by atoms with Gasteiger partial charge in [-0.05, 0) is 24.5 Å². The van der Waals surface area contributed by atoms with Gasteiger partial charge in [0.25, 0.3) is 0 Å². The molecule has 9 heteroatoms. The van der Waals surface area contributed by atoms with Gasteiger partial charge in [-0.3, -0.25) is 0 Å². The highest BCUT2D eigenvalue weighted by atomic mass is 127. The second-order valence-corrected chi connectivity index (χ2v) is 5.10. The molecular formula is C16H25F3IN3O2. The van der Waals surface area contributed by atoms with E-state index in [2.05, 4.69) is 15.0 Å². The molecule has 0 atom stereocenters. The van der Waals surface area contributed by atoms with E-state index in [0.29, 0.717) is 37.8 Å². The van der Waals surface area contributed by atoms with E-state index in [1.54, 1.807) is 24.3 Å². The number of guanidine groups is 1. The minimum absolute atomic E-state index is 0. The molecule has 0 unspecified atom stereocenters. The topological polar surface area (TPSA) is 68.9 Å². The molecule has 3 N–H and O–H groups in total. The number of halogens is 4. The summed E-state index contributed by atoms with van der Waals surface area (Å²) in [7, 11) is 0. The van der Waals surface area contributed by atoms with Crippen molar-refractivity contribution < 1.29 is 22.6 Å². The molecule has 5 nitrogen and oxygen atoms in total. The van der Waals surface area contributed by atoms with E-state index in [0.717, 1.165) is 12.0 Å². The molecule has 0 aliphatic rings. The molecule has 144 valence electrons. The third kappa shape index (κ3) is 12.9. The fourth-order valence-electron chi connectivity index (χ4n) is 1.79. The lowest BCUT2D eigenvalue weighted by atomic mass is 10.1. The number of aliphatic imine (C=N–C) groups is 1. The Balaban J connectivity index is 0.00000576. The molecule has 1 aromatic carbocycles. The van der Waals surface area contributed by atoms with Crippen LogP contribution in [0.1, 0.15) is 24.5 Å². The van der Waals surface area contributed by atoms with Gasteiger partial charge in [0.1, 0.15) is 6.61 Å². The number of hydrogen-bond acceptors (Lipinski definition) is 3. The number of alkyl halides is 3. The highest BCUT2D eigenvalue weighted by molar-refractivity contribution is 14.0. The Bertz CT molecular complexity index is 496. The largest absolute Gasteiger partial charge is 0.411 e. The van der Waals surface area contributed by atoms with Crippen LogP contribution in [0.2, 0.25) is 0 Å². The zero-order valence-electron chi connectivity index (χ0n) is 14.1. The van der Waals surface area contributed by atoms with Crippen molar-refractivity contribution in [2.24, 2.45) is 10.7 Å². The second-order valence-electron chi connectivity index (χ2n) is 5.10. The second kappa shape index (κ2) is 13.2. The first-order chi connectivity index (χ1) is 11.4. The monoisotopic (exact) mass is 475 g/mol. The van der Waals surface area contributed by atoms with Crippen molar-refractivity contribution in [3.63, 3.8) is 0 Å². The molecule has 0 amide bonds. The van der Waals surface area contributed by atoms with Crippen LogP contribution < -0.4 is 11.1 Å². The third-order valence-corrected chi connectivity index (χ3v) is 2.97. The molecular weight excluding hydrogens is 450 g/mol. The number of nitrogens with two attached hydrogens (primary N) is 1. The summed E-state index contributed by atoms with van der Waals surface area (Å²) in [6, 6.07) is 7.01. The molecule has 0 saturated carbocycles. The number of benzene rings is 1. The first kappa shape index (κ1) is 23.9. The number of rotatable bonds is 10. The smallest absolute Gasteiger partial charge is 0.382 e. The zero-order chi connectivity index (χ0) is 17.8. The fraction of sp³-hybridized carbons (Fsp3) is 0.562. The first-order valence-electron chi connectivity index (χ1n) is 7.74. The SMILES string of the molecule is CCOCCCNC(N)=NCc1ccc(COCC(F)(F)F)cc1.I. The Morgan fingerprint density at radius 1 is 1.16 bits per heavy atom. The lowest BCUT2D eigenvalue weighted by molar-refractivity contribution is -0.176. The third-order valence-electron chi connectivity index (χ3n) is 2.97. The summed E-state index contributed by atoms with van der Waals surface area (Å²) in [5.41, 5.74) is 7.33. The number of ether oxygens (including phenoxy) is 2. The van der Waals surface area contributed by atoms with E-state index >= 15 is 0 Å². The van der Waals surface area contributed by atoms with Gasteiger partial charge in [0, 0.05) is 19.8 Å². The van der Waals surface area contributed by atoms with Crippen LogP contribution in [-0.4, -0.2) is 38.5 Å². The van der Waals surface area contributed by atoms with E-state index in [4.69, 9.17) is 10.5 Å². The maximum atomic E-state index is 12.0. The van der Waals surface area contributed by atoms with E-state index in [1.165, 1.54) is 0 Å². The van der Waals surface area contributed by atoms with Crippen LogP contribution in [0.4, 0.5) is 13.2 Å². The highest BCUT2D eigenvalue weighted by Gasteiger charge is 2.27. The summed E-state index contributed by atoms with van der Waals surface area (Å²) >= 11 is 0. The minimum atomic E-state index is -4.30. The van der Waals surface area contributed by atoms with Gasteiger partial charge >= 0.3 is 6.18 Å². The van der Waals surface area contributed by atoms with Gasteiger partial charge in [-0.1, -0.05) is 24.3 Å². The van der Waals surface area contributed by atoms with Gasteiger partial charge in [0.05, 0.1) is 13.2 Å². The van der Waals surface area contributed by atoms with Gasteiger partial charge in [-0.2, -0.15) is 13.2 Å². The molecule has 25 heavy (non-hydrogen) atoms. The Kier molecular flexibility index (Phi) is 12.6. The van der Waals surface area contributed by atoms with Crippen molar-refractivity contribution in [1.82, 2.24) is 5.32 Å². The Morgan fingerprint density at radius 3 is 2.40 bits per heavy atom. The van der Waals surface area contributed by atoms with Crippen LogP contribution in [0.15, 0.2) is 29.3 Å².